The number of aryl methyl sites for hydroxylation is 1. The van der Waals surface area contributed by atoms with E-state index in [9.17, 15) is 5.11 Å². The molecule has 2 fully saturated rings. The van der Waals surface area contributed by atoms with Gasteiger partial charge in [-0.3, -0.25) is 4.90 Å². The second-order valence-electron chi connectivity index (χ2n) is 8.94. The van der Waals surface area contributed by atoms with Crippen molar-refractivity contribution in [2.75, 3.05) is 59.5 Å². The molecule has 2 saturated heterocycles. The van der Waals surface area contributed by atoms with Crippen LogP contribution in [0.5, 0.6) is 0 Å². The molecule has 152 valence electrons. The summed E-state index contributed by atoms with van der Waals surface area (Å²) >= 11 is 0. The van der Waals surface area contributed by atoms with E-state index in [2.05, 4.69) is 65.1 Å². The lowest BCUT2D eigenvalue weighted by atomic mass is 9.96. The zero-order valence-corrected chi connectivity index (χ0v) is 17.5. The average Bonchev–Trinajstić information content (AvgIpc) is 2.97. The van der Waals surface area contributed by atoms with Crippen molar-refractivity contribution in [1.82, 2.24) is 14.7 Å². The number of likely N-dealkylation sites (tertiary alicyclic amines) is 1. The predicted molar refractivity (Wildman–Crippen MR) is 117 cm³/mol. The molecule has 0 bridgehead atoms. The molecule has 0 aliphatic carbocycles. The third-order valence-electron chi connectivity index (χ3n) is 6.85. The first-order chi connectivity index (χ1) is 13.6. The summed E-state index contributed by atoms with van der Waals surface area (Å²) in [5.74, 6) is 0.972. The molecule has 2 aliphatic rings. The SMILES string of the molecule is Cc1ccc2ccccc2c1CN1C[C@@H](CN2CCCN(C)CC2)[C@@H](CO)C1. The predicted octanol–water partition coefficient (Wildman–Crippen LogP) is 2.83. The van der Waals surface area contributed by atoms with Gasteiger partial charge in [-0.1, -0.05) is 36.4 Å². The van der Waals surface area contributed by atoms with Crippen LogP contribution in [0.4, 0.5) is 0 Å². The number of aliphatic hydroxyl groups is 1. The van der Waals surface area contributed by atoms with Crippen molar-refractivity contribution in [3.8, 4) is 0 Å². The molecule has 2 heterocycles. The number of rotatable bonds is 5. The second-order valence-corrected chi connectivity index (χ2v) is 8.94. The number of benzene rings is 2. The lowest BCUT2D eigenvalue weighted by molar-refractivity contribution is 0.165. The summed E-state index contributed by atoms with van der Waals surface area (Å²) in [6, 6.07) is 13.2. The van der Waals surface area contributed by atoms with E-state index in [0.29, 0.717) is 18.4 Å². The topological polar surface area (TPSA) is 30.0 Å². The standard InChI is InChI=1S/C24H35N3O/c1-19-8-9-20-6-3-4-7-23(20)24(19)17-27-15-21(22(16-27)18-28)14-26-11-5-10-25(2)12-13-26/h3-4,6-9,21-22,28H,5,10-18H2,1-2H3/t21-,22-/m1/s1. The van der Waals surface area contributed by atoms with Crippen molar-refractivity contribution in [3.63, 3.8) is 0 Å². The third kappa shape index (κ3) is 4.41. The minimum Gasteiger partial charge on any atom is -0.396 e. The van der Waals surface area contributed by atoms with Gasteiger partial charge in [0.1, 0.15) is 0 Å². The molecule has 4 heteroatoms. The van der Waals surface area contributed by atoms with E-state index in [-0.39, 0.29) is 0 Å². The first-order valence-corrected chi connectivity index (χ1v) is 10.9. The van der Waals surface area contributed by atoms with Gasteiger partial charge in [0.2, 0.25) is 0 Å². The lowest BCUT2D eigenvalue weighted by Crippen LogP contribution is -2.36. The highest BCUT2D eigenvalue weighted by molar-refractivity contribution is 5.86. The number of hydrogen-bond acceptors (Lipinski definition) is 4. The number of nitrogens with zero attached hydrogens (tertiary/aromatic N) is 3. The molecule has 2 aromatic carbocycles. The van der Waals surface area contributed by atoms with E-state index in [1.165, 1.54) is 41.4 Å². The van der Waals surface area contributed by atoms with E-state index in [1.54, 1.807) is 0 Å². The Morgan fingerprint density at radius 3 is 2.61 bits per heavy atom. The maximum absolute atomic E-state index is 10.0. The van der Waals surface area contributed by atoms with Gasteiger partial charge in [-0.25, -0.2) is 0 Å². The van der Waals surface area contributed by atoms with Crippen LogP contribution in [-0.2, 0) is 6.54 Å². The van der Waals surface area contributed by atoms with Gasteiger partial charge in [-0.05, 0) is 67.2 Å². The highest BCUT2D eigenvalue weighted by Crippen LogP contribution is 2.29. The summed E-state index contributed by atoms with van der Waals surface area (Å²) < 4.78 is 0. The molecule has 4 rings (SSSR count). The Bertz CT molecular complexity index is 793. The van der Waals surface area contributed by atoms with Gasteiger partial charge in [-0.15, -0.1) is 0 Å². The Kier molecular flexibility index (Phi) is 6.32. The normalized spacial score (nSPS) is 25.4. The van der Waals surface area contributed by atoms with Crippen LogP contribution in [0.3, 0.4) is 0 Å². The van der Waals surface area contributed by atoms with Gasteiger partial charge in [0.25, 0.3) is 0 Å². The second kappa shape index (κ2) is 8.91. The fourth-order valence-corrected chi connectivity index (χ4v) is 5.07. The fourth-order valence-electron chi connectivity index (χ4n) is 5.07. The van der Waals surface area contributed by atoms with E-state index in [1.807, 2.05) is 0 Å². The van der Waals surface area contributed by atoms with Gasteiger partial charge in [0.05, 0.1) is 0 Å². The van der Waals surface area contributed by atoms with Crippen LogP contribution in [0.1, 0.15) is 17.5 Å². The minimum absolute atomic E-state index is 0.309. The van der Waals surface area contributed by atoms with Crippen molar-refractivity contribution >= 4 is 10.8 Å². The summed E-state index contributed by atoms with van der Waals surface area (Å²) in [5, 5.41) is 12.7. The van der Waals surface area contributed by atoms with Crippen LogP contribution in [0, 0.1) is 18.8 Å². The molecule has 1 N–H and O–H groups in total. The highest BCUT2D eigenvalue weighted by atomic mass is 16.3. The van der Waals surface area contributed by atoms with E-state index >= 15 is 0 Å². The van der Waals surface area contributed by atoms with Crippen LogP contribution in [0.15, 0.2) is 36.4 Å². The van der Waals surface area contributed by atoms with E-state index < -0.39 is 0 Å². The molecule has 0 amide bonds. The van der Waals surface area contributed by atoms with Crippen molar-refractivity contribution < 1.29 is 5.11 Å². The highest BCUT2D eigenvalue weighted by Gasteiger charge is 2.33. The fraction of sp³-hybridized carbons (Fsp3) is 0.583. The van der Waals surface area contributed by atoms with E-state index in [0.717, 1.165) is 39.3 Å². The summed E-state index contributed by atoms with van der Waals surface area (Å²) in [6.45, 7) is 11.5. The van der Waals surface area contributed by atoms with E-state index in [4.69, 9.17) is 0 Å². The van der Waals surface area contributed by atoms with Crippen LogP contribution in [-0.4, -0.2) is 79.3 Å². The van der Waals surface area contributed by atoms with Crippen LogP contribution in [0.2, 0.25) is 0 Å². The summed E-state index contributed by atoms with van der Waals surface area (Å²) in [4.78, 5) is 7.64. The molecule has 0 unspecified atom stereocenters. The number of likely N-dealkylation sites (N-methyl/N-ethyl adjacent to an activating group) is 1. The molecule has 2 aliphatic heterocycles. The molecular formula is C24H35N3O. The van der Waals surface area contributed by atoms with Crippen molar-refractivity contribution in [3.05, 3.63) is 47.5 Å². The molecule has 2 atom stereocenters. The zero-order valence-electron chi connectivity index (χ0n) is 17.5. The monoisotopic (exact) mass is 381 g/mol. The van der Waals surface area contributed by atoms with Crippen molar-refractivity contribution in [1.29, 1.82) is 0 Å². The maximum Gasteiger partial charge on any atom is 0.0475 e. The molecule has 28 heavy (non-hydrogen) atoms. The number of fused-ring (bicyclic) bond motifs is 1. The van der Waals surface area contributed by atoms with Crippen molar-refractivity contribution in [2.45, 2.75) is 19.9 Å². The van der Waals surface area contributed by atoms with Crippen LogP contribution < -0.4 is 0 Å². The molecule has 0 spiro atoms. The Labute approximate surface area is 169 Å². The Balaban J connectivity index is 1.45. The van der Waals surface area contributed by atoms with Gasteiger partial charge in [-0.2, -0.15) is 0 Å². The smallest absolute Gasteiger partial charge is 0.0475 e. The lowest BCUT2D eigenvalue weighted by Gasteiger charge is -2.26. The molecule has 4 nitrogen and oxygen atoms in total. The Morgan fingerprint density at radius 2 is 1.75 bits per heavy atom. The van der Waals surface area contributed by atoms with Gasteiger partial charge < -0.3 is 14.9 Å². The van der Waals surface area contributed by atoms with Crippen LogP contribution in [0.25, 0.3) is 10.8 Å². The third-order valence-corrected chi connectivity index (χ3v) is 6.85. The summed E-state index contributed by atoms with van der Waals surface area (Å²) in [5.41, 5.74) is 2.82. The molecule has 0 aromatic heterocycles. The van der Waals surface area contributed by atoms with Crippen LogP contribution >= 0.6 is 0 Å². The van der Waals surface area contributed by atoms with Gasteiger partial charge in [0.15, 0.2) is 0 Å². The zero-order chi connectivity index (χ0) is 19.5. The van der Waals surface area contributed by atoms with Gasteiger partial charge >= 0.3 is 0 Å². The summed E-state index contributed by atoms with van der Waals surface area (Å²) in [7, 11) is 2.23. The van der Waals surface area contributed by atoms with Crippen molar-refractivity contribution in [2.24, 2.45) is 11.8 Å². The molecule has 0 saturated carbocycles. The number of aliphatic hydroxyl groups excluding tert-OH is 1. The Morgan fingerprint density at radius 1 is 0.929 bits per heavy atom. The average molecular weight is 382 g/mol. The quantitative estimate of drug-likeness (QED) is 0.863. The molecular weight excluding hydrogens is 346 g/mol. The largest absolute Gasteiger partial charge is 0.396 e. The minimum atomic E-state index is 0.309. The van der Waals surface area contributed by atoms with Gasteiger partial charge in [0, 0.05) is 45.9 Å². The summed E-state index contributed by atoms with van der Waals surface area (Å²) in [6.07, 6.45) is 1.26. The molecule has 0 radical (unpaired) electrons. The Hall–Kier alpha value is -1.46. The maximum atomic E-state index is 10.0. The number of hydrogen-bond donors (Lipinski definition) is 1. The molecule has 2 aromatic rings. The first kappa shape index (κ1) is 19.8. The first-order valence-electron chi connectivity index (χ1n) is 10.9.